The first-order valence-electron chi connectivity index (χ1n) is 10.0. The van der Waals surface area contributed by atoms with Crippen molar-refractivity contribution in [1.82, 2.24) is 0 Å². The number of pyridine rings is 1. The third-order valence-electron chi connectivity index (χ3n) is 6.03. The molecule has 0 saturated heterocycles. The number of fused-ring (bicyclic) bond motifs is 3. The largest absolute Gasteiger partial charge is 0.449 e. The lowest BCUT2D eigenvalue weighted by Crippen LogP contribution is -2.33. The topological polar surface area (TPSA) is 13.1 Å². The van der Waals surface area contributed by atoms with Crippen molar-refractivity contribution in [2.24, 2.45) is 13.0 Å². The monoisotopic (exact) mass is 388 g/mol. The van der Waals surface area contributed by atoms with Gasteiger partial charge >= 0.3 is 0 Å². The zero-order valence-corrected chi connectivity index (χ0v) is 18.3. The number of aryl methyl sites for hydroxylation is 3. The number of thiophene rings is 1. The predicted octanol–water partition coefficient (Wildman–Crippen LogP) is 6.78. The highest BCUT2D eigenvalue weighted by Crippen LogP contribution is 2.50. The second kappa shape index (κ2) is 6.05. The van der Waals surface area contributed by atoms with Gasteiger partial charge in [-0.15, -0.1) is 0 Å². The molecule has 2 aromatic carbocycles. The maximum Gasteiger partial charge on any atom is 0.269 e. The van der Waals surface area contributed by atoms with Crippen LogP contribution in [0.5, 0.6) is 11.5 Å². The number of aromatic nitrogens is 1. The van der Waals surface area contributed by atoms with Gasteiger partial charge in [0.25, 0.3) is 10.5 Å². The van der Waals surface area contributed by atoms with Gasteiger partial charge in [0, 0.05) is 10.9 Å². The Morgan fingerprint density at radius 3 is 2.64 bits per heavy atom. The van der Waals surface area contributed by atoms with E-state index in [9.17, 15) is 0 Å². The smallest absolute Gasteiger partial charge is 0.269 e. The van der Waals surface area contributed by atoms with Crippen molar-refractivity contribution in [2.45, 2.75) is 41.0 Å². The molecule has 0 amide bonds. The van der Waals surface area contributed by atoms with E-state index in [0.29, 0.717) is 5.92 Å². The Hall–Kier alpha value is -2.39. The molecule has 2 aromatic heterocycles. The number of benzene rings is 2. The molecule has 0 radical (unpaired) electrons. The van der Waals surface area contributed by atoms with E-state index in [4.69, 9.17) is 4.74 Å². The third kappa shape index (κ3) is 2.35. The Kier molecular flexibility index (Phi) is 3.82. The van der Waals surface area contributed by atoms with E-state index < -0.39 is 0 Å². The highest BCUT2D eigenvalue weighted by atomic mass is 32.1. The molecule has 28 heavy (non-hydrogen) atoms. The molecule has 142 valence electrons. The molecule has 0 atom stereocenters. The van der Waals surface area contributed by atoms with Crippen molar-refractivity contribution < 1.29 is 9.30 Å². The summed E-state index contributed by atoms with van der Waals surface area (Å²) in [6.45, 7) is 11.2. The lowest BCUT2D eigenvalue weighted by Gasteiger charge is -2.25. The molecule has 0 spiro atoms. The molecule has 0 N–H and O–H groups in total. The van der Waals surface area contributed by atoms with Crippen LogP contribution in [0.25, 0.3) is 32.2 Å². The second-order valence-electron chi connectivity index (χ2n) is 8.61. The van der Waals surface area contributed by atoms with Crippen LogP contribution < -0.4 is 9.30 Å². The lowest BCUT2D eigenvalue weighted by molar-refractivity contribution is -0.631. The second-order valence-corrected chi connectivity index (χ2v) is 9.50. The fourth-order valence-corrected chi connectivity index (χ4v) is 5.59. The van der Waals surface area contributed by atoms with Gasteiger partial charge in [-0.25, -0.2) is 0 Å². The Bertz CT molecular complexity index is 1280. The van der Waals surface area contributed by atoms with E-state index in [1.165, 1.54) is 54.5 Å². The zero-order valence-electron chi connectivity index (χ0n) is 17.4. The Morgan fingerprint density at radius 2 is 1.89 bits per heavy atom. The number of hydrogen-bond acceptors (Lipinski definition) is 2. The van der Waals surface area contributed by atoms with Gasteiger partial charge in [0.1, 0.15) is 12.8 Å². The van der Waals surface area contributed by atoms with Gasteiger partial charge in [0.15, 0.2) is 0 Å². The van der Waals surface area contributed by atoms with Crippen molar-refractivity contribution >= 4 is 32.3 Å². The molecule has 0 saturated carbocycles. The highest BCUT2D eigenvalue weighted by molar-refractivity contribution is 7.16. The lowest BCUT2D eigenvalue weighted by atomic mass is 9.88. The predicted molar refractivity (Wildman–Crippen MR) is 119 cm³/mol. The van der Waals surface area contributed by atoms with Crippen molar-refractivity contribution in [2.75, 3.05) is 0 Å². The van der Waals surface area contributed by atoms with Gasteiger partial charge in [0.05, 0.1) is 10.9 Å². The van der Waals surface area contributed by atoms with E-state index in [0.717, 1.165) is 17.9 Å². The summed E-state index contributed by atoms with van der Waals surface area (Å²) in [5.74, 6) is 2.62. The normalized spacial score (nSPS) is 12.7. The summed E-state index contributed by atoms with van der Waals surface area (Å²) >= 11 is 1.82. The van der Waals surface area contributed by atoms with Gasteiger partial charge in [-0.2, -0.15) is 4.57 Å². The van der Waals surface area contributed by atoms with E-state index >= 15 is 0 Å². The average Bonchev–Trinajstić information content (AvgIpc) is 3.11. The molecular formula is C25H26NOS+. The fraction of sp³-hybridized carbons (Fsp3) is 0.320. The maximum absolute atomic E-state index is 6.70. The number of nitrogens with zero attached hydrogens (tertiary/aromatic N) is 1. The number of rotatable bonds is 2. The van der Waals surface area contributed by atoms with Gasteiger partial charge < -0.3 is 4.74 Å². The first kappa shape index (κ1) is 17.7. The number of ether oxygens (including phenoxy) is 1. The Balaban J connectivity index is 2.00. The van der Waals surface area contributed by atoms with Gasteiger partial charge in [-0.3, -0.25) is 0 Å². The molecule has 1 aliphatic rings. The van der Waals surface area contributed by atoms with Crippen LogP contribution in [0, 0.1) is 26.7 Å². The van der Waals surface area contributed by atoms with Crippen molar-refractivity contribution in [1.29, 1.82) is 0 Å². The zero-order chi connectivity index (χ0) is 19.7. The summed E-state index contributed by atoms with van der Waals surface area (Å²) in [5, 5.41) is 6.06. The quantitative estimate of drug-likeness (QED) is 0.304. The first-order valence-corrected chi connectivity index (χ1v) is 10.9. The van der Waals surface area contributed by atoms with Crippen LogP contribution in [-0.4, -0.2) is 0 Å². The highest BCUT2D eigenvalue weighted by Gasteiger charge is 2.35. The minimum absolute atomic E-state index is 0.570. The van der Waals surface area contributed by atoms with Crippen LogP contribution in [0.4, 0.5) is 0 Å². The van der Waals surface area contributed by atoms with Crippen molar-refractivity contribution in [3.05, 3.63) is 51.9 Å². The molecule has 0 fully saturated rings. The van der Waals surface area contributed by atoms with Crippen LogP contribution in [0.2, 0.25) is 0 Å². The molecular weight excluding hydrogens is 362 g/mol. The maximum atomic E-state index is 6.70. The van der Waals surface area contributed by atoms with Crippen LogP contribution in [-0.2, 0) is 13.5 Å². The number of hydrogen-bond donors (Lipinski definition) is 0. The van der Waals surface area contributed by atoms with E-state index in [1.54, 1.807) is 0 Å². The van der Waals surface area contributed by atoms with Crippen molar-refractivity contribution in [3.8, 4) is 22.8 Å². The summed E-state index contributed by atoms with van der Waals surface area (Å²) in [4.78, 5) is 1.32. The molecule has 4 aromatic rings. The van der Waals surface area contributed by atoms with E-state index in [-0.39, 0.29) is 0 Å². The summed E-state index contributed by atoms with van der Waals surface area (Å²) in [7, 11) is 2.19. The van der Waals surface area contributed by atoms with Crippen LogP contribution in [0.3, 0.4) is 0 Å². The summed E-state index contributed by atoms with van der Waals surface area (Å²) < 4.78 is 9.05. The van der Waals surface area contributed by atoms with Gasteiger partial charge in [-0.1, -0.05) is 37.3 Å². The molecule has 0 bridgehead atoms. The molecule has 1 aliphatic heterocycles. The summed E-state index contributed by atoms with van der Waals surface area (Å²) in [5.41, 5.74) is 7.85. The molecule has 2 nitrogen and oxygen atoms in total. The van der Waals surface area contributed by atoms with E-state index in [2.05, 4.69) is 75.9 Å². The molecule has 0 unspecified atom stereocenters. The molecule has 3 heteroatoms. The van der Waals surface area contributed by atoms with Crippen LogP contribution in [0.15, 0.2) is 29.6 Å². The third-order valence-corrected chi connectivity index (χ3v) is 7.02. The fourth-order valence-electron chi connectivity index (χ4n) is 4.69. The van der Waals surface area contributed by atoms with Gasteiger partial charge in [-0.05, 0) is 72.7 Å². The van der Waals surface area contributed by atoms with Crippen LogP contribution in [0.1, 0.15) is 36.1 Å². The SMILES string of the molecule is Cc1cc2c3c(c(C)c(C)cc3c1)-c1c(c(CC(C)C)c3ccsc3[n+]1C)O2. The average molecular weight is 389 g/mol. The Morgan fingerprint density at radius 1 is 1.11 bits per heavy atom. The van der Waals surface area contributed by atoms with Crippen LogP contribution >= 0.6 is 11.3 Å². The van der Waals surface area contributed by atoms with Gasteiger partial charge in [0.2, 0.25) is 5.75 Å². The standard InChI is InChI=1S/C25H26NOS/c1-13(2)9-19-18-7-8-28-25(18)26(6)23-21-16(5)15(4)12-17-10-14(3)11-20(22(17)21)27-24(19)23/h7-8,10-13H,9H2,1-6H3/q+1. The first-order chi connectivity index (χ1) is 13.4. The van der Waals surface area contributed by atoms with Crippen molar-refractivity contribution in [3.63, 3.8) is 0 Å². The summed E-state index contributed by atoms with van der Waals surface area (Å²) in [6.07, 6.45) is 1.02. The molecule has 0 aliphatic carbocycles. The summed E-state index contributed by atoms with van der Waals surface area (Å²) in [6, 6.07) is 9.03. The minimum atomic E-state index is 0.570. The molecule has 3 heterocycles. The Labute approximate surface area is 170 Å². The molecule has 5 rings (SSSR count). The minimum Gasteiger partial charge on any atom is -0.449 e. The van der Waals surface area contributed by atoms with E-state index in [1.807, 2.05) is 11.3 Å².